The molecule has 0 saturated heterocycles. The van der Waals surface area contributed by atoms with Gasteiger partial charge in [0.25, 0.3) is 0 Å². The van der Waals surface area contributed by atoms with E-state index < -0.39 is 0 Å². The second-order valence-corrected chi connectivity index (χ2v) is 4.01. The van der Waals surface area contributed by atoms with E-state index in [4.69, 9.17) is 5.73 Å². The molecule has 0 aliphatic carbocycles. The second kappa shape index (κ2) is 3.59. The van der Waals surface area contributed by atoms with Crippen molar-refractivity contribution >= 4 is 16.7 Å². The maximum atomic E-state index is 5.75. The fraction of sp³-hybridized carbons (Fsp3) is 0.0769. The molecule has 2 heterocycles. The zero-order valence-electron chi connectivity index (χ0n) is 9.44. The number of H-pyrrole nitrogens is 1. The number of nitrogens with zero attached hydrogens (tertiary/aromatic N) is 2. The summed E-state index contributed by atoms with van der Waals surface area (Å²) in [5, 5.41) is 1.11. The van der Waals surface area contributed by atoms with E-state index in [1.54, 1.807) is 6.07 Å². The van der Waals surface area contributed by atoms with Crippen molar-refractivity contribution in [3.05, 3.63) is 42.2 Å². The third-order valence-electron chi connectivity index (χ3n) is 2.70. The molecule has 17 heavy (non-hydrogen) atoms. The van der Waals surface area contributed by atoms with E-state index in [-0.39, 0.29) is 0 Å². The summed E-state index contributed by atoms with van der Waals surface area (Å²) in [6.07, 6.45) is 1.92. The molecule has 3 rings (SSSR count). The lowest BCUT2D eigenvalue weighted by Gasteiger charge is -2.01. The van der Waals surface area contributed by atoms with Gasteiger partial charge in [-0.05, 0) is 13.0 Å². The molecular weight excluding hydrogens is 212 g/mol. The highest BCUT2D eigenvalue weighted by Crippen LogP contribution is 2.26. The Morgan fingerprint density at radius 1 is 1.18 bits per heavy atom. The van der Waals surface area contributed by atoms with Crippen LogP contribution in [0.5, 0.6) is 0 Å². The van der Waals surface area contributed by atoms with Crippen LogP contribution in [0.4, 0.5) is 5.82 Å². The fourth-order valence-electron chi connectivity index (χ4n) is 1.97. The highest BCUT2D eigenvalue weighted by molar-refractivity contribution is 5.93. The Morgan fingerprint density at radius 3 is 2.82 bits per heavy atom. The summed E-state index contributed by atoms with van der Waals surface area (Å²) in [5.41, 5.74) is 8.68. The largest absolute Gasteiger partial charge is 0.384 e. The van der Waals surface area contributed by atoms with Crippen LogP contribution >= 0.6 is 0 Å². The average Bonchev–Trinajstić information content (AvgIpc) is 2.71. The molecule has 3 N–H and O–H groups in total. The first-order valence-corrected chi connectivity index (χ1v) is 5.42. The van der Waals surface area contributed by atoms with Gasteiger partial charge in [-0.25, -0.2) is 9.97 Å². The van der Waals surface area contributed by atoms with Crippen LogP contribution in [-0.4, -0.2) is 15.0 Å². The van der Waals surface area contributed by atoms with Crippen LogP contribution < -0.4 is 5.73 Å². The second-order valence-electron chi connectivity index (χ2n) is 4.01. The predicted octanol–water partition coefficient (Wildman–Crippen LogP) is 2.52. The first-order chi connectivity index (χ1) is 8.24. The Morgan fingerprint density at radius 2 is 2.00 bits per heavy atom. The zero-order chi connectivity index (χ0) is 11.8. The number of aryl methyl sites for hydroxylation is 1. The van der Waals surface area contributed by atoms with Crippen molar-refractivity contribution in [1.29, 1.82) is 0 Å². The summed E-state index contributed by atoms with van der Waals surface area (Å²) < 4.78 is 0. The minimum Gasteiger partial charge on any atom is -0.384 e. The van der Waals surface area contributed by atoms with E-state index in [0.29, 0.717) is 11.6 Å². The van der Waals surface area contributed by atoms with Crippen molar-refractivity contribution in [1.82, 2.24) is 15.0 Å². The number of nitrogens with two attached hydrogens (primary N) is 1. The molecule has 0 amide bonds. The van der Waals surface area contributed by atoms with Crippen LogP contribution in [0, 0.1) is 6.92 Å². The molecule has 0 radical (unpaired) electrons. The Kier molecular flexibility index (Phi) is 2.08. The van der Waals surface area contributed by atoms with Crippen molar-refractivity contribution in [2.75, 3.05) is 5.73 Å². The quantitative estimate of drug-likeness (QED) is 0.667. The Labute approximate surface area is 98.5 Å². The molecule has 4 heteroatoms. The number of benzene rings is 1. The molecule has 2 aromatic heterocycles. The van der Waals surface area contributed by atoms with Crippen molar-refractivity contribution in [2.45, 2.75) is 6.92 Å². The molecule has 1 aromatic carbocycles. The number of nitrogen functional groups attached to an aromatic ring is 1. The number of nitrogens with one attached hydrogen (secondary N) is 1. The van der Waals surface area contributed by atoms with Crippen LogP contribution in [0.3, 0.4) is 0 Å². The third-order valence-corrected chi connectivity index (χ3v) is 2.70. The SMILES string of the molecule is Cc1cc(N)nc(-c2c[nH]c3ccccc23)n1. The topological polar surface area (TPSA) is 67.6 Å². The minimum atomic E-state index is 0.498. The number of aromatic nitrogens is 3. The average molecular weight is 224 g/mol. The lowest BCUT2D eigenvalue weighted by molar-refractivity contribution is 1.12. The number of hydrogen-bond acceptors (Lipinski definition) is 3. The van der Waals surface area contributed by atoms with Crippen LogP contribution in [0.25, 0.3) is 22.3 Å². The summed E-state index contributed by atoms with van der Waals surface area (Å²) in [6, 6.07) is 9.83. The fourth-order valence-corrected chi connectivity index (χ4v) is 1.97. The van der Waals surface area contributed by atoms with Gasteiger partial charge in [-0.3, -0.25) is 0 Å². The molecule has 0 fully saturated rings. The van der Waals surface area contributed by atoms with E-state index in [1.165, 1.54) is 0 Å². The van der Waals surface area contributed by atoms with E-state index in [0.717, 1.165) is 22.2 Å². The third kappa shape index (κ3) is 1.63. The molecule has 0 aliphatic rings. The van der Waals surface area contributed by atoms with Crippen molar-refractivity contribution in [3.63, 3.8) is 0 Å². The monoisotopic (exact) mass is 224 g/mol. The zero-order valence-corrected chi connectivity index (χ0v) is 9.44. The molecule has 0 aliphatic heterocycles. The standard InChI is InChI=1S/C13H12N4/c1-8-6-12(14)17-13(16-8)10-7-15-11-5-3-2-4-9(10)11/h2-7,15H,1H3,(H2,14,16,17). The van der Waals surface area contributed by atoms with Gasteiger partial charge < -0.3 is 10.7 Å². The van der Waals surface area contributed by atoms with Gasteiger partial charge in [0.1, 0.15) is 5.82 Å². The minimum absolute atomic E-state index is 0.498. The molecule has 4 nitrogen and oxygen atoms in total. The van der Waals surface area contributed by atoms with Crippen LogP contribution in [-0.2, 0) is 0 Å². The van der Waals surface area contributed by atoms with Gasteiger partial charge in [-0.15, -0.1) is 0 Å². The molecular formula is C13H12N4. The molecule has 0 atom stereocenters. The van der Waals surface area contributed by atoms with Gasteiger partial charge >= 0.3 is 0 Å². The lowest BCUT2D eigenvalue weighted by atomic mass is 10.1. The molecule has 0 unspecified atom stereocenters. The maximum Gasteiger partial charge on any atom is 0.163 e. The van der Waals surface area contributed by atoms with Crippen molar-refractivity contribution in [2.24, 2.45) is 0 Å². The Bertz CT molecular complexity index is 664. The maximum absolute atomic E-state index is 5.75. The van der Waals surface area contributed by atoms with Gasteiger partial charge in [0, 0.05) is 34.4 Å². The summed E-state index contributed by atoms with van der Waals surface area (Å²) in [7, 11) is 0. The molecule has 0 spiro atoms. The number of aromatic amines is 1. The Hall–Kier alpha value is -2.36. The number of fused-ring (bicyclic) bond motifs is 1. The van der Waals surface area contributed by atoms with E-state index in [9.17, 15) is 0 Å². The molecule has 0 saturated carbocycles. The van der Waals surface area contributed by atoms with Gasteiger partial charge in [0.2, 0.25) is 0 Å². The first kappa shape index (κ1) is 9.84. The van der Waals surface area contributed by atoms with Crippen LogP contribution in [0.1, 0.15) is 5.69 Å². The number of hydrogen-bond donors (Lipinski definition) is 2. The summed E-state index contributed by atoms with van der Waals surface area (Å²) in [6.45, 7) is 1.91. The van der Waals surface area contributed by atoms with Crippen LogP contribution in [0.15, 0.2) is 36.5 Å². The smallest absolute Gasteiger partial charge is 0.163 e. The van der Waals surface area contributed by atoms with Gasteiger partial charge in [-0.2, -0.15) is 0 Å². The number of rotatable bonds is 1. The normalized spacial score (nSPS) is 10.9. The van der Waals surface area contributed by atoms with E-state index in [1.807, 2.05) is 37.4 Å². The van der Waals surface area contributed by atoms with Gasteiger partial charge in [0.15, 0.2) is 5.82 Å². The summed E-state index contributed by atoms with van der Waals surface area (Å²) >= 11 is 0. The first-order valence-electron chi connectivity index (χ1n) is 5.42. The summed E-state index contributed by atoms with van der Waals surface area (Å²) in [4.78, 5) is 11.9. The van der Waals surface area contributed by atoms with E-state index >= 15 is 0 Å². The predicted molar refractivity (Wildman–Crippen MR) is 68.5 cm³/mol. The number of anilines is 1. The highest BCUT2D eigenvalue weighted by Gasteiger charge is 2.09. The van der Waals surface area contributed by atoms with Crippen LogP contribution in [0.2, 0.25) is 0 Å². The van der Waals surface area contributed by atoms with E-state index in [2.05, 4.69) is 15.0 Å². The lowest BCUT2D eigenvalue weighted by Crippen LogP contribution is -1.97. The Balaban J connectivity index is 2.27. The van der Waals surface area contributed by atoms with Gasteiger partial charge in [-0.1, -0.05) is 18.2 Å². The van der Waals surface area contributed by atoms with Crippen molar-refractivity contribution in [3.8, 4) is 11.4 Å². The molecule has 3 aromatic rings. The highest BCUT2D eigenvalue weighted by atomic mass is 14.9. The molecule has 84 valence electrons. The van der Waals surface area contributed by atoms with Gasteiger partial charge in [0.05, 0.1) is 0 Å². The molecule has 0 bridgehead atoms. The number of para-hydroxylation sites is 1. The summed E-state index contributed by atoms with van der Waals surface area (Å²) in [5.74, 6) is 1.16. The van der Waals surface area contributed by atoms with Crippen molar-refractivity contribution < 1.29 is 0 Å².